The van der Waals surface area contributed by atoms with Crippen LogP contribution in [0.15, 0.2) is 36.6 Å². The number of aliphatic hydroxyl groups excluding tert-OH is 1. The number of ether oxygens (including phenoxy) is 3. The van der Waals surface area contributed by atoms with Gasteiger partial charge in [0, 0.05) is 16.7 Å². The van der Waals surface area contributed by atoms with Gasteiger partial charge in [0.15, 0.2) is 0 Å². The minimum absolute atomic E-state index is 0.00888. The average Bonchev–Trinajstić information content (AvgIpc) is 2.70. The topological polar surface area (TPSA) is 65.0 Å². The van der Waals surface area contributed by atoms with Crippen molar-refractivity contribution >= 4 is 12.0 Å². The third kappa shape index (κ3) is 4.89. The van der Waals surface area contributed by atoms with Crippen LogP contribution in [-0.2, 0) is 11.3 Å². The molecule has 0 aliphatic carbocycles. The van der Waals surface area contributed by atoms with Crippen molar-refractivity contribution in [3.8, 4) is 11.5 Å². The van der Waals surface area contributed by atoms with E-state index in [0.717, 1.165) is 12.8 Å². The Labute approximate surface area is 164 Å². The molecule has 5 nitrogen and oxygen atoms in total. The number of aliphatic hydroxyl groups is 1. The Bertz CT molecular complexity index is 831. The number of rotatable bonds is 9. The van der Waals surface area contributed by atoms with E-state index in [1.807, 2.05) is 6.92 Å². The highest BCUT2D eigenvalue weighted by molar-refractivity contribution is 5.97. The molecule has 0 aromatic heterocycles. The maximum absolute atomic E-state index is 14.9. The highest BCUT2D eigenvalue weighted by Crippen LogP contribution is 2.35. The van der Waals surface area contributed by atoms with Gasteiger partial charge in [0.2, 0.25) is 0 Å². The third-order valence-corrected chi connectivity index (χ3v) is 4.20. The lowest BCUT2D eigenvalue weighted by Gasteiger charge is -2.19. The molecule has 0 bridgehead atoms. The highest BCUT2D eigenvalue weighted by atomic mass is 19.1. The van der Waals surface area contributed by atoms with Gasteiger partial charge < -0.3 is 19.3 Å². The standard InChI is InChI=1S/C22H25FO5/c1-4-5-12-27-21-17(11-13-26-3)18(14-24)20(23)15(2)19(21)22(25)28-16-9-7-6-8-10-16/h6-11,13,24H,4-5,12,14H2,1-3H3. The van der Waals surface area contributed by atoms with Gasteiger partial charge in [-0.1, -0.05) is 31.5 Å². The normalized spacial score (nSPS) is 10.9. The van der Waals surface area contributed by atoms with Crippen molar-refractivity contribution in [3.63, 3.8) is 0 Å². The third-order valence-electron chi connectivity index (χ3n) is 4.20. The van der Waals surface area contributed by atoms with Gasteiger partial charge in [-0.25, -0.2) is 9.18 Å². The van der Waals surface area contributed by atoms with Gasteiger partial charge in [-0.05, 0) is 31.6 Å². The Morgan fingerprint density at radius 3 is 2.57 bits per heavy atom. The van der Waals surface area contributed by atoms with Gasteiger partial charge in [0.25, 0.3) is 0 Å². The largest absolute Gasteiger partial charge is 0.504 e. The van der Waals surface area contributed by atoms with E-state index < -0.39 is 18.4 Å². The molecule has 0 atom stereocenters. The number of hydrogen-bond acceptors (Lipinski definition) is 5. The fourth-order valence-corrected chi connectivity index (χ4v) is 2.72. The van der Waals surface area contributed by atoms with Gasteiger partial charge in [-0.15, -0.1) is 0 Å². The van der Waals surface area contributed by atoms with E-state index in [1.54, 1.807) is 30.3 Å². The fourth-order valence-electron chi connectivity index (χ4n) is 2.72. The summed E-state index contributed by atoms with van der Waals surface area (Å²) < 4.78 is 31.1. The molecule has 150 valence electrons. The molecule has 0 unspecified atom stereocenters. The molecule has 1 N–H and O–H groups in total. The van der Waals surface area contributed by atoms with Crippen LogP contribution in [0.25, 0.3) is 6.08 Å². The number of esters is 1. The number of methoxy groups -OCH3 is 1. The minimum Gasteiger partial charge on any atom is -0.504 e. The van der Waals surface area contributed by atoms with E-state index in [2.05, 4.69) is 0 Å². The maximum atomic E-state index is 14.9. The molecule has 0 fully saturated rings. The van der Waals surface area contributed by atoms with Crippen LogP contribution >= 0.6 is 0 Å². The second kappa shape index (κ2) is 10.5. The SMILES string of the molecule is CCCCOc1c(C=COC)c(CO)c(F)c(C)c1C(=O)Oc1ccccc1. The second-order valence-electron chi connectivity index (χ2n) is 6.14. The van der Waals surface area contributed by atoms with E-state index in [-0.39, 0.29) is 28.0 Å². The smallest absolute Gasteiger partial charge is 0.347 e. The molecule has 0 spiro atoms. The molecule has 0 amide bonds. The number of unbranched alkanes of at least 4 members (excludes halogenated alkanes) is 1. The molecule has 0 saturated heterocycles. The monoisotopic (exact) mass is 388 g/mol. The van der Waals surface area contributed by atoms with E-state index >= 15 is 0 Å². The average molecular weight is 388 g/mol. The van der Waals surface area contributed by atoms with E-state index in [0.29, 0.717) is 12.4 Å². The van der Waals surface area contributed by atoms with Gasteiger partial charge in [0.05, 0.1) is 26.6 Å². The Kier molecular flexibility index (Phi) is 8.02. The lowest BCUT2D eigenvalue weighted by Crippen LogP contribution is -2.17. The Morgan fingerprint density at radius 1 is 1.25 bits per heavy atom. The molecule has 0 radical (unpaired) electrons. The summed E-state index contributed by atoms with van der Waals surface area (Å²) in [5.41, 5.74) is 0.341. The quantitative estimate of drug-likeness (QED) is 0.293. The molecule has 6 heteroatoms. The van der Waals surface area contributed by atoms with Crippen molar-refractivity contribution < 1.29 is 28.5 Å². The zero-order valence-corrected chi connectivity index (χ0v) is 16.3. The first-order valence-corrected chi connectivity index (χ1v) is 9.10. The van der Waals surface area contributed by atoms with Crippen LogP contribution < -0.4 is 9.47 Å². The minimum atomic E-state index is -0.731. The first kappa shape index (κ1) is 21.4. The lowest BCUT2D eigenvalue weighted by molar-refractivity contribution is 0.0728. The first-order chi connectivity index (χ1) is 13.5. The Balaban J connectivity index is 2.61. The summed E-state index contributed by atoms with van der Waals surface area (Å²) >= 11 is 0. The summed E-state index contributed by atoms with van der Waals surface area (Å²) in [5.74, 6) is -0.899. The predicted octanol–water partition coefficient (Wildman–Crippen LogP) is 4.64. The van der Waals surface area contributed by atoms with Crippen molar-refractivity contribution in [2.24, 2.45) is 0 Å². The van der Waals surface area contributed by atoms with Gasteiger partial charge in [-0.2, -0.15) is 0 Å². The van der Waals surface area contributed by atoms with Crippen LogP contribution in [0.3, 0.4) is 0 Å². The summed E-state index contributed by atoms with van der Waals surface area (Å²) in [4.78, 5) is 12.9. The molecule has 2 aromatic rings. The predicted molar refractivity (Wildman–Crippen MR) is 105 cm³/mol. The zero-order valence-electron chi connectivity index (χ0n) is 16.3. The van der Waals surface area contributed by atoms with E-state index in [4.69, 9.17) is 14.2 Å². The van der Waals surface area contributed by atoms with Crippen molar-refractivity contribution in [1.29, 1.82) is 0 Å². The summed E-state index contributed by atoms with van der Waals surface area (Å²) in [7, 11) is 1.45. The molecular formula is C22H25FO5. The highest BCUT2D eigenvalue weighted by Gasteiger charge is 2.27. The number of halogens is 1. The molecule has 0 aliphatic heterocycles. The summed E-state index contributed by atoms with van der Waals surface area (Å²) in [6.07, 6.45) is 4.45. The van der Waals surface area contributed by atoms with Crippen molar-refractivity contribution in [2.45, 2.75) is 33.3 Å². The zero-order chi connectivity index (χ0) is 20.5. The Morgan fingerprint density at radius 2 is 1.96 bits per heavy atom. The summed E-state index contributed by atoms with van der Waals surface area (Å²) in [6, 6.07) is 8.53. The van der Waals surface area contributed by atoms with E-state index in [1.165, 1.54) is 26.4 Å². The fraction of sp³-hybridized carbons (Fsp3) is 0.318. The number of carbonyl (C=O) groups is 1. The maximum Gasteiger partial charge on any atom is 0.347 e. The van der Waals surface area contributed by atoms with Crippen molar-refractivity contribution in [3.05, 3.63) is 64.7 Å². The van der Waals surface area contributed by atoms with Crippen molar-refractivity contribution in [1.82, 2.24) is 0 Å². The van der Waals surface area contributed by atoms with Crippen LogP contribution in [0.5, 0.6) is 11.5 Å². The summed E-state index contributed by atoms with van der Waals surface area (Å²) in [5, 5.41) is 9.70. The van der Waals surface area contributed by atoms with Gasteiger partial charge in [0.1, 0.15) is 22.9 Å². The molecule has 2 rings (SSSR count). The van der Waals surface area contributed by atoms with Crippen LogP contribution in [0.4, 0.5) is 4.39 Å². The lowest BCUT2D eigenvalue weighted by atomic mass is 9.96. The summed E-state index contributed by atoms with van der Waals surface area (Å²) in [6.45, 7) is 3.27. The van der Waals surface area contributed by atoms with E-state index in [9.17, 15) is 14.3 Å². The van der Waals surface area contributed by atoms with Gasteiger partial charge in [-0.3, -0.25) is 0 Å². The number of carbonyl (C=O) groups excluding carboxylic acids is 1. The van der Waals surface area contributed by atoms with Crippen LogP contribution in [0.1, 0.15) is 46.8 Å². The molecule has 0 heterocycles. The molecular weight excluding hydrogens is 363 g/mol. The molecule has 0 aliphatic rings. The van der Waals surface area contributed by atoms with Crippen molar-refractivity contribution in [2.75, 3.05) is 13.7 Å². The molecule has 0 saturated carbocycles. The van der Waals surface area contributed by atoms with Crippen LogP contribution in [0.2, 0.25) is 0 Å². The second-order valence-corrected chi connectivity index (χ2v) is 6.14. The number of para-hydroxylation sites is 1. The Hall–Kier alpha value is -2.86. The van der Waals surface area contributed by atoms with Gasteiger partial charge >= 0.3 is 5.97 Å². The van der Waals surface area contributed by atoms with Crippen LogP contribution in [-0.4, -0.2) is 24.8 Å². The number of benzene rings is 2. The molecule has 28 heavy (non-hydrogen) atoms. The number of hydrogen-bond donors (Lipinski definition) is 1. The van der Waals surface area contributed by atoms with Crippen LogP contribution in [0, 0.1) is 12.7 Å². The molecule has 2 aromatic carbocycles. The first-order valence-electron chi connectivity index (χ1n) is 9.10.